The van der Waals surface area contributed by atoms with Crippen molar-refractivity contribution in [2.24, 2.45) is 5.41 Å². The Morgan fingerprint density at radius 2 is 1.79 bits per heavy atom. The van der Waals surface area contributed by atoms with E-state index in [9.17, 15) is 4.79 Å². The number of halogens is 1. The number of hydrogen-bond acceptors (Lipinski definition) is 1. The van der Waals surface area contributed by atoms with E-state index in [0.29, 0.717) is 6.54 Å². The minimum atomic E-state index is -0.0875. The molecule has 0 saturated heterocycles. The molecule has 1 fully saturated rings. The molecule has 0 aromatic heterocycles. The summed E-state index contributed by atoms with van der Waals surface area (Å²) in [6.45, 7) is 2.78. The van der Waals surface area contributed by atoms with Crippen LogP contribution in [0.2, 0.25) is 0 Å². The van der Waals surface area contributed by atoms with Crippen molar-refractivity contribution in [3.63, 3.8) is 0 Å². The number of rotatable bonds is 5. The van der Waals surface area contributed by atoms with Crippen molar-refractivity contribution in [2.45, 2.75) is 50.9 Å². The molecule has 1 amide bonds. The minimum absolute atomic E-state index is 0.0875. The maximum absolute atomic E-state index is 12.4. The molecule has 0 heterocycles. The summed E-state index contributed by atoms with van der Waals surface area (Å²) in [7, 11) is 0. The second-order valence-electron chi connectivity index (χ2n) is 5.47. The lowest BCUT2D eigenvalue weighted by Crippen LogP contribution is -2.38. The molecule has 2 rings (SSSR count). The summed E-state index contributed by atoms with van der Waals surface area (Å²) in [5.74, 6) is 0.247. The maximum atomic E-state index is 12.4. The quantitative estimate of drug-likeness (QED) is 0.809. The Labute approximate surface area is 124 Å². The molecule has 1 aromatic rings. The molecule has 1 aromatic carbocycles. The third kappa shape index (κ3) is 3.38. The summed E-state index contributed by atoms with van der Waals surface area (Å²) in [5.41, 5.74) is 2.34. The summed E-state index contributed by atoms with van der Waals surface area (Å²) in [6.07, 6.45) is 5.46. The molecule has 0 unspecified atom stereocenters. The number of carbonyl (C=O) groups is 1. The van der Waals surface area contributed by atoms with Crippen LogP contribution < -0.4 is 5.32 Å². The molecule has 0 atom stereocenters. The van der Waals surface area contributed by atoms with Crippen LogP contribution in [0.15, 0.2) is 24.3 Å². The molecule has 3 heteroatoms. The van der Waals surface area contributed by atoms with Crippen LogP contribution in [0.25, 0.3) is 0 Å². The Kier molecular flexibility index (Phi) is 5.03. The van der Waals surface area contributed by atoms with Gasteiger partial charge in [-0.3, -0.25) is 4.79 Å². The normalized spacial score (nSPS) is 17.4. The van der Waals surface area contributed by atoms with Crippen LogP contribution in [0, 0.1) is 5.41 Å². The zero-order valence-electron chi connectivity index (χ0n) is 11.5. The molecular weight excluding hydrogens is 302 g/mol. The highest BCUT2D eigenvalue weighted by atomic mass is 79.9. The van der Waals surface area contributed by atoms with Crippen LogP contribution in [-0.4, -0.2) is 5.91 Å². The van der Waals surface area contributed by atoms with Crippen molar-refractivity contribution in [3.8, 4) is 0 Å². The highest BCUT2D eigenvalue weighted by Gasteiger charge is 2.38. The summed E-state index contributed by atoms with van der Waals surface area (Å²) in [5, 5.41) is 3.99. The summed E-state index contributed by atoms with van der Waals surface area (Å²) in [4.78, 5) is 12.4. The van der Waals surface area contributed by atoms with Crippen LogP contribution in [0.4, 0.5) is 0 Å². The Morgan fingerprint density at radius 3 is 2.32 bits per heavy atom. The lowest BCUT2D eigenvalue weighted by atomic mass is 9.82. The maximum Gasteiger partial charge on any atom is 0.226 e. The fourth-order valence-corrected chi connectivity index (χ4v) is 3.28. The number of carbonyl (C=O) groups excluding carboxylic acids is 1. The average Bonchev–Trinajstić information content (AvgIpc) is 2.95. The SMILES string of the molecule is CCC1(C(=O)NCc2ccc(CBr)cc2)CCCC1. The van der Waals surface area contributed by atoms with E-state index in [1.54, 1.807) is 0 Å². The van der Waals surface area contributed by atoms with E-state index in [4.69, 9.17) is 0 Å². The largest absolute Gasteiger partial charge is 0.352 e. The zero-order chi connectivity index (χ0) is 13.7. The Balaban J connectivity index is 1.92. The molecule has 1 aliphatic carbocycles. The van der Waals surface area contributed by atoms with Crippen LogP contribution in [0.1, 0.15) is 50.2 Å². The Bertz CT molecular complexity index is 421. The van der Waals surface area contributed by atoms with E-state index in [1.807, 2.05) is 0 Å². The predicted octanol–water partition coefficient (Wildman–Crippen LogP) is 4.17. The Hall–Kier alpha value is -0.830. The molecule has 0 spiro atoms. The van der Waals surface area contributed by atoms with E-state index in [-0.39, 0.29) is 11.3 Å². The molecular formula is C16H22BrNO. The number of hydrogen-bond donors (Lipinski definition) is 1. The molecule has 1 saturated carbocycles. The first-order valence-electron chi connectivity index (χ1n) is 7.12. The predicted molar refractivity (Wildman–Crippen MR) is 82.1 cm³/mol. The third-order valence-electron chi connectivity index (χ3n) is 4.35. The lowest BCUT2D eigenvalue weighted by molar-refractivity contribution is -0.131. The topological polar surface area (TPSA) is 29.1 Å². The van der Waals surface area contributed by atoms with E-state index in [0.717, 1.165) is 24.6 Å². The Morgan fingerprint density at radius 1 is 1.21 bits per heavy atom. The van der Waals surface area contributed by atoms with E-state index in [2.05, 4.69) is 52.4 Å². The molecule has 0 bridgehead atoms. The van der Waals surface area contributed by atoms with E-state index >= 15 is 0 Å². The molecule has 19 heavy (non-hydrogen) atoms. The fraction of sp³-hybridized carbons (Fsp3) is 0.562. The summed E-state index contributed by atoms with van der Waals surface area (Å²) >= 11 is 3.44. The summed E-state index contributed by atoms with van der Waals surface area (Å²) < 4.78 is 0. The van der Waals surface area contributed by atoms with Gasteiger partial charge in [-0.1, -0.05) is 60.0 Å². The molecule has 1 N–H and O–H groups in total. The van der Waals surface area contributed by atoms with Crippen LogP contribution in [0.5, 0.6) is 0 Å². The number of amides is 1. The number of nitrogens with one attached hydrogen (secondary N) is 1. The highest BCUT2D eigenvalue weighted by Crippen LogP contribution is 2.41. The van der Waals surface area contributed by atoms with Gasteiger partial charge in [-0.15, -0.1) is 0 Å². The molecule has 104 valence electrons. The van der Waals surface area contributed by atoms with Crippen LogP contribution in [0.3, 0.4) is 0 Å². The zero-order valence-corrected chi connectivity index (χ0v) is 13.1. The monoisotopic (exact) mass is 323 g/mol. The second-order valence-corrected chi connectivity index (χ2v) is 6.03. The second kappa shape index (κ2) is 6.56. The lowest BCUT2D eigenvalue weighted by Gasteiger charge is -2.26. The smallest absolute Gasteiger partial charge is 0.226 e. The van der Waals surface area contributed by atoms with Gasteiger partial charge in [0.2, 0.25) is 5.91 Å². The van der Waals surface area contributed by atoms with Gasteiger partial charge in [0.15, 0.2) is 0 Å². The van der Waals surface area contributed by atoms with Crippen molar-refractivity contribution in [2.75, 3.05) is 0 Å². The number of alkyl halides is 1. The van der Waals surface area contributed by atoms with Gasteiger partial charge in [-0.2, -0.15) is 0 Å². The molecule has 0 aliphatic heterocycles. The van der Waals surface area contributed by atoms with Gasteiger partial charge in [0, 0.05) is 17.3 Å². The molecule has 0 radical (unpaired) electrons. The molecule has 1 aliphatic rings. The van der Waals surface area contributed by atoms with Gasteiger partial charge in [0.25, 0.3) is 0 Å². The number of benzene rings is 1. The fourth-order valence-electron chi connectivity index (χ4n) is 2.91. The first-order chi connectivity index (χ1) is 9.20. The van der Waals surface area contributed by atoms with E-state index < -0.39 is 0 Å². The molecule has 2 nitrogen and oxygen atoms in total. The van der Waals surface area contributed by atoms with Crippen LogP contribution in [-0.2, 0) is 16.7 Å². The summed E-state index contributed by atoms with van der Waals surface area (Å²) in [6, 6.07) is 8.37. The minimum Gasteiger partial charge on any atom is -0.352 e. The van der Waals surface area contributed by atoms with Crippen molar-refractivity contribution < 1.29 is 4.79 Å². The van der Waals surface area contributed by atoms with Crippen molar-refractivity contribution in [1.29, 1.82) is 0 Å². The van der Waals surface area contributed by atoms with Crippen LogP contribution >= 0.6 is 15.9 Å². The van der Waals surface area contributed by atoms with Gasteiger partial charge in [-0.25, -0.2) is 0 Å². The van der Waals surface area contributed by atoms with Crippen molar-refractivity contribution in [1.82, 2.24) is 5.32 Å². The van der Waals surface area contributed by atoms with Crippen molar-refractivity contribution in [3.05, 3.63) is 35.4 Å². The first-order valence-corrected chi connectivity index (χ1v) is 8.24. The average molecular weight is 324 g/mol. The van der Waals surface area contributed by atoms with Gasteiger partial charge < -0.3 is 5.32 Å². The third-order valence-corrected chi connectivity index (χ3v) is 5.00. The van der Waals surface area contributed by atoms with Gasteiger partial charge >= 0.3 is 0 Å². The van der Waals surface area contributed by atoms with Gasteiger partial charge in [-0.05, 0) is 30.4 Å². The first kappa shape index (κ1) is 14.6. The van der Waals surface area contributed by atoms with Crippen molar-refractivity contribution >= 4 is 21.8 Å². The van der Waals surface area contributed by atoms with E-state index in [1.165, 1.54) is 24.0 Å². The van der Waals surface area contributed by atoms with Gasteiger partial charge in [0.1, 0.15) is 0 Å². The van der Waals surface area contributed by atoms with Gasteiger partial charge in [0.05, 0.1) is 0 Å². The highest BCUT2D eigenvalue weighted by molar-refractivity contribution is 9.08. The standard InChI is InChI=1S/C16H22BrNO/c1-2-16(9-3-4-10-16)15(19)18-12-14-7-5-13(11-17)6-8-14/h5-8H,2-4,9-12H2,1H3,(H,18,19).